The maximum atomic E-state index is 12.4. The first-order chi connectivity index (χ1) is 15.5. The highest BCUT2D eigenvalue weighted by molar-refractivity contribution is 14.0. The molecule has 1 aromatic rings. The fraction of sp³-hybridized carbons (Fsp3) is 0.680. The Morgan fingerprint density at radius 2 is 1.79 bits per heavy atom. The summed E-state index contributed by atoms with van der Waals surface area (Å²) in [6.07, 6.45) is 3.39. The summed E-state index contributed by atoms with van der Waals surface area (Å²) in [5, 5.41) is 6.89. The number of benzene rings is 1. The van der Waals surface area contributed by atoms with E-state index in [0.29, 0.717) is 17.7 Å². The summed E-state index contributed by atoms with van der Waals surface area (Å²) in [4.78, 5) is 21.2. The van der Waals surface area contributed by atoms with E-state index in [-0.39, 0.29) is 30.0 Å². The van der Waals surface area contributed by atoms with Crippen molar-refractivity contribution in [2.24, 2.45) is 16.8 Å². The quantitative estimate of drug-likeness (QED) is 0.270. The van der Waals surface area contributed by atoms with Gasteiger partial charge in [0.2, 0.25) is 5.91 Å². The van der Waals surface area contributed by atoms with Crippen LogP contribution in [0, 0.1) is 11.8 Å². The fourth-order valence-corrected chi connectivity index (χ4v) is 4.04. The Bertz CT molecular complexity index is 744. The van der Waals surface area contributed by atoms with Gasteiger partial charge in [0.05, 0.1) is 12.6 Å². The zero-order valence-corrected chi connectivity index (χ0v) is 23.0. The molecule has 1 amide bonds. The largest absolute Gasteiger partial charge is 0.493 e. The molecule has 186 valence electrons. The molecule has 1 aliphatic carbocycles. The first kappa shape index (κ1) is 27.7. The Kier molecular flexibility index (Phi) is 11.7. The highest BCUT2D eigenvalue weighted by Gasteiger charge is 2.31. The van der Waals surface area contributed by atoms with Gasteiger partial charge in [-0.3, -0.25) is 14.7 Å². The molecule has 1 aliphatic heterocycles. The number of hydrogen-bond donors (Lipinski definition) is 2. The number of aliphatic imine (C=N–C) groups is 1. The lowest BCUT2D eigenvalue weighted by atomic mass is 9.84. The van der Waals surface area contributed by atoms with Crippen LogP contribution in [0.4, 0.5) is 0 Å². The molecule has 1 atom stereocenters. The van der Waals surface area contributed by atoms with Gasteiger partial charge in [0.1, 0.15) is 5.75 Å². The second kappa shape index (κ2) is 14.0. The molecule has 0 bridgehead atoms. The number of guanidine groups is 1. The fourth-order valence-electron chi connectivity index (χ4n) is 4.04. The minimum atomic E-state index is 0. The molecule has 0 spiro atoms. The van der Waals surface area contributed by atoms with Gasteiger partial charge in [0, 0.05) is 52.2 Å². The number of nitrogens with zero attached hydrogens (tertiary/aromatic N) is 3. The molecule has 3 rings (SSSR count). The third kappa shape index (κ3) is 8.63. The monoisotopic (exact) mass is 571 g/mol. The number of ether oxygens (including phenoxy) is 1. The molecule has 1 saturated carbocycles. The summed E-state index contributed by atoms with van der Waals surface area (Å²) in [6, 6.07) is 8.40. The van der Waals surface area contributed by atoms with E-state index >= 15 is 0 Å². The molecule has 2 fully saturated rings. The van der Waals surface area contributed by atoms with Crippen molar-refractivity contribution in [1.29, 1.82) is 0 Å². The van der Waals surface area contributed by atoms with Crippen LogP contribution in [-0.2, 0) is 4.79 Å². The van der Waals surface area contributed by atoms with Crippen molar-refractivity contribution >= 4 is 35.8 Å². The topological polar surface area (TPSA) is 69.2 Å². The van der Waals surface area contributed by atoms with E-state index in [9.17, 15) is 4.79 Å². The Labute approximate surface area is 216 Å². The minimum Gasteiger partial charge on any atom is -0.493 e. The molecule has 0 radical (unpaired) electrons. The Morgan fingerprint density at radius 3 is 2.33 bits per heavy atom. The highest BCUT2D eigenvalue weighted by atomic mass is 127. The lowest BCUT2D eigenvalue weighted by molar-refractivity contribution is -0.139. The van der Waals surface area contributed by atoms with Gasteiger partial charge in [-0.25, -0.2) is 0 Å². The van der Waals surface area contributed by atoms with Crippen LogP contribution in [-0.4, -0.2) is 74.6 Å². The molecule has 2 aliphatic rings. The molecular formula is C25H42IN5O2. The number of hydrogen-bond acceptors (Lipinski definition) is 4. The average molecular weight is 572 g/mol. The first-order valence-corrected chi connectivity index (χ1v) is 12.2. The standard InChI is InChI=1S/C25H41N5O2.HI/c1-19(2)18-32-23-10-8-21(9-11-23)20(3)28-25(26-4)27-12-13-29-14-16-30(17-15-29)24(31)22-6-5-7-22;/h8-11,19-20,22H,5-7,12-18H2,1-4H3,(H2,26,27,28);1H. The van der Waals surface area contributed by atoms with Crippen LogP contribution in [0.15, 0.2) is 29.3 Å². The van der Waals surface area contributed by atoms with Crippen molar-refractivity contribution in [3.05, 3.63) is 29.8 Å². The zero-order valence-electron chi connectivity index (χ0n) is 20.7. The van der Waals surface area contributed by atoms with E-state index < -0.39 is 0 Å². The highest BCUT2D eigenvalue weighted by Crippen LogP contribution is 2.28. The van der Waals surface area contributed by atoms with Gasteiger partial charge < -0.3 is 20.3 Å². The summed E-state index contributed by atoms with van der Waals surface area (Å²) in [7, 11) is 1.80. The van der Waals surface area contributed by atoms with E-state index in [2.05, 4.69) is 58.3 Å². The van der Waals surface area contributed by atoms with E-state index in [4.69, 9.17) is 4.74 Å². The molecule has 33 heavy (non-hydrogen) atoms. The van der Waals surface area contributed by atoms with Gasteiger partial charge in [-0.2, -0.15) is 0 Å². The van der Waals surface area contributed by atoms with Crippen LogP contribution in [0.1, 0.15) is 51.6 Å². The zero-order chi connectivity index (χ0) is 22.9. The molecule has 0 aromatic heterocycles. The lowest BCUT2D eigenvalue weighted by Crippen LogP contribution is -2.52. The first-order valence-electron chi connectivity index (χ1n) is 12.2. The minimum absolute atomic E-state index is 0. The number of nitrogens with one attached hydrogen (secondary N) is 2. The van der Waals surface area contributed by atoms with Gasteiger partial charge in [-0.1, -0.05) is 32.4 Å². The molecule has 2 N–H and O–H groups in total. The van der Waals surface area contributed by atoms with Crippen LogP contribution in [0.3, 0.4) is 0 Å². The number of carbonyl (C=O) groups is 1. The summed E-state index contributed by atoms with van der Waals surface area (Å²) < 4.78 is 5.77. The second-order valence-electron chi connectivity index (χ2n) is 9.43. The van der Waals surface area contributed by atoms with Gasteiger partial charge >= 0.3 is 0 Å². The van der Waals surface area contributed by atoms with E-state index in [1.54, 1.807) is 7.05 Å². The van der Waals surface area contributed by atoms with Gasteiger partial charge in [0.25, 0.3) is 0 Å². The summed E-state index contributed by atoms with van der Waals surface area (Å²) in [6.45, 7) is 12.6. The van der Waals surface area contributed by atoms with Crippen molar-refractivity contribution in [2.45, 2.75) is 46.1 Å². The van der Waals surface area contributed by atoms with Crippen molar-refractivity contribution in [3.8, 4) is 5.75 Å². The third-order valence-corrected chi connectivity index (χ3v) is 6.40. The third-order valence-electron chi connectivity index (χ3n) is 6.40. The predicted molar refractivity (Wildman–Crippen MR) is 145 cm³/mol. The molecular weight excluding hydrogens is 529 g/mol. The molecule has 8 heteroatoms. The van der Waals surface area contributed by atoms with Crippen LogP contribution >= 0.6 is 24.0 Å². The van der Waals surface area contributed by atoms with E-state index in [0.717, 1.165) is 70.4 Å². The van der Waals surface area contributed by atoms with Crippen LogP contribution in [0.2, 0.25) is 0 Å². The van der Waals surface area contributed by atoms with Crippen LogP contribution in [0.5, 0.6) is 5.75 Å². The predicted octanol–water partition coefficient (Wildman–Crippen LogP) is 3.51. The number of carbonyl (C=O) groups excluding carboxylic acids is 1. The number of rotatable bonds is 9. The normalized spacial score (nSPS) is 18.3. The smallest absolute Gasteiger partial charge is 0.225 e. The molecule has 1 saturated heterocycles. The number of halogens is 1. The second-order valence-corrected chi connectivity index (χ2v) is 9.43. The Hall–Kier alpha value is -1.55. The molecule has 1 aromatic carbocycles. The molecule has 1 heterocycles. The van der Waals surface area contributed by atoms with Crippen molar-refractivity contribution in [1.82, 2.24) is 20.4 Å². The average Bonchev–Trinajstić information content (AvgIpc) is 2.76. The maximum absolute atomic E-state index is 12.4. The van der Waals surface area contributed by atoms with Crippen LogP contribution < -0.4 is 15.4 Å². The van der Waals surface area contributed by atoms with Gasteiger partial charge in [-0.05, 0) is 43.4 Å². The summed E-state index contributed by atoms with van der Waals surface area (Å²) >= 11 is 0. The SMILES string of the molecule is CN=C(NCCN1CCN(C(=O)C2CCC2)CC1)NC(C)c1ccc(OCC(C)C)cc1.I. The Balaban J connectivity index is 0.00000385. The summed E-state index contributed by atoms with van der Waals surface area (Å²) in [5.74, 6) is 2.92. The van der Waals surface area contributed by atoms with Gasteiger partial charge in [-0.15, -0.1) is 24.0 Å². The van der Waals surface area contributed by atoms with Gasteiger partial charge in [0.15, 0.2) is 5.96 Å². The Morgan fingerprint density at radius 1 is 1.12 bits per heavy atom. The molecule has 1 unspecified atom stereocenters. The van der Waals surface area contributed by atoms with E-state index in [1.807, 2.05) is 12.1 Å². The van der Waals surface area contributed by atoms with Crippen molar-refractivity contribution in [2.75, 3.05) is 52.9 Å². The van der Waals surface area contributed by atoms with Crippen molar-refractivity contribution in [3.63, 3.8) is 0 Å². The lowest BCUT2D eigenvalue weighted by Gasteiger charge is -2.38. The maximum Gasteiger partial charge on any atom is 0.225 e. The van der Waals surface area contributed by atoms with Crippen molar-refractivity contribution < 1.29 is 9.53 Å². The molecule has 7 nitrogen and oxygen atoms in total. The van der Waals surface area contributed by atoms with Crippen LogP contribution in [0.25, 0.3) is 0 Å². The number of amides is 1. The summed E-state index contributed by atoms with van der Waals surface area (Å²) in [5.41, 5.74) is 1.19. The number of piperazine rings is 1. The van der Waals surface area contributed by atoms with E-state index in [1.165, 1.54) is 12.0 Å².